The summed E-state index contributed by atoms with van der Waals surface area (Å²) in [4.78, 5) is 24.4. The van der Waals surface area contributed by atoms with Gasteiger partial charge in [-0.3, -0.25) is 4.79 Å². The molecule has 1 aliphatic carbocycles. The topological polar surface area (TPSA) is 54.9 Å². The van der Waals surface area contributed by atoms with Crippen molar-refractivity contribution in [2.45, 2.75) is 38.3 Å². The number of ketones is 1. The summed E-state index contributed by atoms with van der Waals surface area (Å²) in [6.07, 6.45) is 3.47. The van der Waals surface area contributed by atoms with E-state index in [0.717, 1.165) is 41.5 Å². The maximum absolute atomic E-state index is 12.4. The predicted octanol–water partition coefficient (Wildman–Crippen LogP) is 5.22. The Morgan fingerprint density at radius 2 is 2.11 bits per heavy atom. The minimum absolute atomic E-state index is 0.105. The molecule has 0 saturated carbocycles. The van der Waals surface area contributed by atoms with Crippen LogP contribution in [0.15, 0.2) is 35.5 Å². The highest BCUT2D eigenvalue weighted by Crippen LogP contribution is 2.40. The Morgan fingerprint density at radius 1 is 1.30 bits per heavy atom. The van der Waals surface area contributed by atoms with Crippen LogP contribution in [0.25, 0.3) is 10.2 Å². The molecular weight excluding hydrogens is 374 g/mol. The Labute approximate surface area is 167 Å². The van der Waals surface area contributed by atoms with Crippen LogP contribution in [0.4, 0.5) is 5.82 Å². The van der Waals surface area contributed by atoms with Crippen molar-refractivity contribution in [3.8, 4) is 0 Å². The number of Topliss-reactive ketones (excluding diaryl/α,β-unsaturated/α-hetero) is 1. The molecule has 1 aliphatic rings. The number of fused-ring (bicyclic) bond motifs is 3. The average molecular weight is 398 g/mol. The van der Waals surface area contributed by atoms with E-state index in [0.29, 0.717) is 10.9 Å². The van der Waals surface area contributed by atoms with Gasteiger partial charge in [-0.25, -0.2) is 9.97 Å². The Kier molecular flexibility index (Phi) is 5.45. The molecule has 0 aliphatic heterocycles. The van der Waals surface area contributed by atoms with E-state index in [-0.39, 0.29) is 5.78 Å². The molecule has 1 N–H and O–H groups in total. The number of aryl methyl sites for hydroxylation is 1. The number of carbonyl (C=O) groups is 1. The zero-order valence-electron chi connectivity index (χ0n) is 15.6. The van der Waals surface area contributed by atoms with Crippen LogP contribution in [-0.4, -0.2) is 28.0 Å². The number of aromatic nitrogens is 2. The van der Waals surface area contributed by atoms with E-state index < -0.39 is 0 Å². The minimum atomic E-state index is 0.105. The molecular formula is C21H23N3OS2. The molecule has 0 radical (unpaired) electrons. The first-order valence-corrected chi connectivity index (χ1v) is 11.2. The summed E-state index contributed by atoms with van der Waals surface area (Å²) >= 11 is 3.22. The summed E-state index contributed by atoms with van der Waals surface area (Å²) in [5.41, 5.74) is 2.17. The van der Waals surface area contributed by atoms with Gasteiger partial charge < -0.3 is 5.32 Å². The molecule has 27 heavy (non-hydrogen) atoms. The average Bonchev–Trinajstić information content (AvgIpc) is 3.04. The fraction of sp³-hybridized carbons (Fsp3) is 0.381. The summed E-state index contributed by atoms with van der Waals surface area (Å²) in [6.45, 7) is 5.22. The second-order valence-electron chi connectivity index (χ2n) is 6.99. The van der Waals surface area contributed by atoms with Gasteiger partial charge in [0.2, 0.25) is 0 Å². The van der Waals surface area contributed by atoms with E-state index in [2.05, 4.69) is 19.2 Å². The van der Waals surface area contributed by atoms with Crippen molar-refractivity contribution in [3.63, 3.8) is 0 Å². The van der Waals surface area contributed by atoms with Crippen LogP contribution in [0.2, 0.25) is 0 Å². The van der Waals surface area contributed by atoms with Gasteiger partial charge >= 0.3 is 0 Å². The van der Waals surface area contributed by atoms with Gasteiger partial charge in [-0.2, -0.15) is 0 Å². The second-order valence-corrected chi connectivity index (χ2v) is 9.02. The molecule has 0 saturated heterocycles. The molecule has 3 aromatic rings. The molecule has 0 amide bonds. The third-order valence-corrected chi connectivity index (χ3v) is 6.90. The first-order valence-electron chi connectivity index (χ1n) is 9.43. The van der Waals surface area contributed by atoms with Crippen LogP contribution < -0.4 is 5.32 Å². The van der Waals surface area contributed by atoms with E-state index in [4.69, 9.17) is 9.97 Å². The normalized spacial score (nSPS) is 16.3. The number of nitrogens with zero attached hydrogens (tertiary/aromatic N) is 2. The fourth-order valence-corrected chi connectivity index (χ4v) is 5.70. The highest BCUT2D eigenvalue weighted by atomic mass is 32.2. The van der Waals surface area contributed by atoms with Crippen LogP contribution in [-0.2, 0) is 12.8 Å². The monoisotopic (exact) mass is 397 g/mol. The molecule has 1 atom stereocenters. The van der Waals surface area contributed by atoms with Gasteiger partial charge in [0.25, 0.3) is 0 Å². The zero-order valence-corrected chi connectivity index (χ0v) is 17.3. The van der Waals surface area contributed by atoms with Gasteiger partial charge in [-0.15, -0.1) is 11.3 Å². The molecule has 4 rings (SSSR count). The fourth-order valence-electron chi connectivity index (χ4n) is 3.52. The van der Waals surface area contributed by atoms with E-state index in [1.165, 1.54) is 34.0 Å². The van der Waals surface area contributed by atoms with Crippen molar-refractivity contribution in [1.29, 1.82) is 0 Å². The molecule has 2 heterocycles. The van der Waals surface area contributed by atoms with Crippen LogP contribution in [0, 0.1) is 5.92 Å². The van der Waals surface area contributed by atoms with E-state index in [1.54, 1.807) is 11.3 Å². The Hall–Kier alpha value is -1.92. The number of nitrogens with one attached hydrogen (secondary N) is 1. The number of rotatable bonds is 6. The van der Waals surface area contributed by atoms with Crippen molar-refractivity contribution in [2.75, 3.05) is 17.6 Å². The van der Waals surface area contributed by atoms with Gasteiger partial charge in [0, 0.05) is 17.0 Å². The molecule has 0 spiro atoms. The molecule has 0 fully saturated rings. The third-order valence-electron chi connectivity index (χ3n) is 4.91. The number of anilines is 1. The lowest BCUT2D eigenvalue weighted by molar-refractivity contribution is 0.102. The van der Waals surface area contributed by atoms with Crippen molar-refractivity contribution in [3.05, 3.63) is 46.3 Å². The first kappa shape index (κ1) is 18.4. The van der Waals surface area contributed by atoms with Gasteiger partial charge in [0.05, 0.1) is 11.1 Å². The van der Waals surface area contributed by atoms with Gasteiger partial charge in [0.1, 0.15) is 10.6 Å². The first-order chi connectivity index (χ1) is 13.2. The van der Waals surface area contributed by atoms with E-state index in [1.807, 2.05) is 30.3 Å². The van der Waals surface area contributed by atoms with Crippen molar-refractivity contribution in [1.82, 2.24) is 9.97 Å². The summed E-state index contributed by atoms with van der Waals surface area (Å²) in [5, 5.41) is 5.29. The molecule has 2 aromatic heterocycles. The maximum Gasteiger partial charge on any atom is 0.191 e. The SMILES string of the molecule is CCNc1nc(SCC(=O)c2ccccc2)nc2sc3c(c12)CC[C@@H](C)C3. The van der Waals surface area contributed by atoms with E-state index >= 15 is 0 Å². The summed E-state index contributed by atoms with van der Waals surface area (Å²) in [7, 11) is 0. The lowest BCUT2D eigenvalue weighted by atomic mass is 9.89. The molecule has 0 bridgehead atoms. The zero-order chi connectivity index (χ0) is 18.8. The van der Waals surface area contributed by atoms with Crippen molar-refractivity contribution in [2.24, 2.45) is 5.92 Å². The van der Waals surface area contributed by atoms with Crippen molar-refractivity contribution < 1.29 is 4.79 Å². The number of hydrogen-bond donors (Lipinski definition) is 1. The third kappa shape index (κ3) is 3.87. The van der Waals surface area contributed by atoms with Crippen molar-refractivity contribution >= 4 is 44.9 Å². The lowest BCUT2D eigenvalue weighted by Crippen LogP contribution is -2.09. The largest absolute Gasteiger partial charge is 0.370 e. The molecule has 6 heteroatoms. The number of carbonyl (C=O) groups excluding carboxylic acids is 1. The standard InChI is InChI=1S/C21H23N3OS2/c1-3-22-19-18-15-10-9-13(2)11-17(15)27-20(18)24-21(23-19)26-12-16(25)14-7-5-4-6-8-14/h4-8,13H,3,9-12H2,1-2H3,(H,22,23,24)/t13-/m1/s1. The number of hydrogen-bond acceptors (Lipinski definition) is 6. The quantitative estimate of drug-likeness (QED) is 0.351. The number of thioether (sulfide) groups is 1. The smallest absolute Gasteiger partial charge is 0.191 e. The Balaban J connectivity index is 1.63. The second kappa shape index (κ2) is 7.98. The Morgan fingerprint density at radius 3 is 2.89 bits per heavy atom. The highest BCUT2D eigenvalue weighted by Gasteiger charge is 2.24. The van der Waals surface area contributed by atoms with Gasteiger partial charge in [-0.1, -0.05) is 49.0 Å². The summed E-state index contributed by atoms with van der Waals surface area (Å²) in [6, 6.07) is 9.40. The summed E-state index contributed by atoms with van der Waals surface area (Å²) < 4.78 is 0. The predicted molar refractivity (Wildman–Crippen MR) is 114 cm³/mol. The Bertz CT molecular complexity index is 968. The van der Waals surface area contributed by atoms with Gasteiger partial charge in [-0.05, 0) is 37.7 Å². The molecule has 140 valence electrons. The van der Waals surface area contributed by atoms with Crippen LogP contribution >= 0.6 is 23.1 Å². The van der Waals surface area contributed by atoms with E-state index in [9.17, 15) is 4.79 Å². The van der Waals surface area contributed by atoms with Crippen LogP contribution in [0.3, 0.4) is 0 Å². The maximum atomic E-state index is 12.4. The number of benzene rings is 1. The summed E-state index contributed by atoms with van der Waals surface area (Å²) in [5.74, 6) is 2.11. The van der Waals surface area contributed by atoms with Crippen LogP contribution in [0.1, 0.15) is 41.1 Å². The molecule has 4 nitrogen and oxygen atoms in total. The molecule has 1 aromatic carbocycles. The highest BCUT2D eigenvalue weighted by molar-refractivity contribution is 7.99. The van der Waals surface area contributed by atoms with Gasteiger partial charge in [0.15, 0.2) is 10.9 Å². The lowest BCUT2D eigenvalue weighted by Gasteiger charge is -2.18. The van der Waals surface area contributed by atoms with Crippen LogP contribution in [0.5, 0.6) is 0 Å². The molecule has 0 unspecified atom stereocenters. The number of thiophene rings is 1. The minimum Gasteiger partial charge on any atom is -0.370 e.